The van der Waals surface area contributed by atoms with Crippen molar-refractivity contribution < 1.29 is 19.0 Å². The van der Waals surface area contributed by atoms with Gasteiger partial charge in [-0.1, -0.05) is 91.0 Å². The van der Waals surface area contributed by atoms with Gasteiger partial charge in [-0.2, -0.15) is 0 Å². The van der Waals surface area contributed by atoms with E-state index in [0.29, 0.717) is 18.8 Å². The van der Waals surface area contributed by atoms with E-state index in [0.717, 1.165) is 11.1 Å². The van der Waals surface area contributed by atoms with E-state index in [1.165, 1.54) is 0 Å². The first-order valence-electron chi connectivity index (χ1n) is 8.92. The number of ether oxygens (including phenoxy) is 3. The van der Waals surface area contributed by atoms with E-state index in [1.807, 2.05) is 78.9 Å². The zero-order valence-electron chi connectivity index (χ0n) is 15.2. The SMILES string of the molecule is O=C(c1ccccc1)C(Br)OC(OCc1ccccc1)OCc1ccccc1. The van der Waals surface area contributed by atoms with Crippen molar-refractivity contribution in [3.8, 4) is 0 Å². The van der Waals surface area contributed by atoms with Gasteiger partial charge < -0.3 is 14.2 Å². The molecule has 0 amide bonds. The first-order valence-corrected chi connectivity index (χ1v) is 9.84. The molecular formula is C23H21BrO4. The van der Waals surface area contributed by atoms with Gasteiger partial charge in [-0.25, -0.2) is 0 Å². The fraction of sp³-hybridized carbons (Fsp3) is 0.174. The summed E-state index contributed by atoms with van der Waals surface area (Å²) in [6, 6.07) is 28.4. The van der Waals surface area contributed by atoms with Crippen LogP contribution in [0.15, 0.2) is 91.0 Å². The van der Waals surface area contributed by atoms with E-state index in [2.05, 4.69) is 15.9 Å². The maximum atomic E-state index is 12.5. The van der Waals surface area contributed by atoms with Gasteiger partial charge in [0.05, 0.1) is 13.2 Å². The van der Waals surface area contributed by atoms with Crippen molar-refractivity contribution in [1.29, 1.82) is 0 Å². The summed E-state index contributed by atoms with van der Waals surface area (Å²) in [5.74, 6) is -0.197. The number of carbonyl (C=O) groups excluding carboxylic acids is 1. The van der Waals surface area contributed by atoms with Gasteiger partial charge >= 0.3 is 0 Å². The van der Waals surface area contributed by atoms with Gasteiger partial charge in [0.1, 0.15) is 0 Å². The molecule has 0 saturated heterocycles. The largest absolute Gasteiger partial charge is 0.325 e. The lowest BCUT2D eigenvalue weighted by Gasteiger charge is -2.21. The second kappa shape index (κ2) is 10.9. The monoisotopic (exact) mass is 440 g/mol. The van der Waals surface area contributed by atoms with Gasteiger partial charge in [0.2, 0.25) is 5.78 Å². The van der Waals surface area contributed by atoms with Crippen molar-refractivity contribution in [2.45, 2.75) is 24.7 Å². The molecule has 0 fully saturated rings. The van der Waals surface area contributed by atoms with Crippen molar-refractivity contribution in [1.82, 2.24) is 0 Å². The second-order valence-corrected chi connectivity index (χ2v) is 6.90. The molecule has 1 atom stereocenters. The van der Waals surface area contributed by atoms with Crippen molar-refractivity contribution >= 4 is 21.7 Å². The van der Waals surface area contributed by atoms with Gasteiger partial charge in [0, 0.05) is 5.56 Å². The zero-order valence-corrected chi connectivity index (χ0v) is 16.8. The standard InChI is InChI=1S/C23H21BrO4/c24-22(21(25)20-14-8-3-9-15-20)28-23(26-16-18-10-4-1-5-11-18)27-17-19-12-6-2-7-13-19/h1-15,22-23H,16-17H2. The minimum absolute atomic E-state index is 0.197. The van der Waals surface area contributed by atoms with Crippen LogP contribution in [0.4, 0.5) is 0 Å². The van der Waals surface area contributed by atoms with Gasteiger partial charge in [0.25, 0.3) is 6.48 Å². The fourth-order valence-electron chi connectivity index (χ4n) is 2.50. The van der Waals surface area contributed by atoms with Crippen LogP contribution in [0, 0.1) is 0 Å². The van der Waals surface area contributed by atoms with Crippen LogP contribution in [0.25, 0.3) is 0 Å². The highest BCUT2D eigenvalue weighted by Crippen LogP contribution is 2.17. The van der Waals surface area contributed by atoms with E-state index in [9.17, 15) is 4.79 Å². The molecule has 28 heavy (non-hydrogen) atoms. The Kier molecular flexibility index (Phi) is 7.94. The number of halogens is 1. The lowest BCUT2D eigenvalue weighted by Crippen LogP contribution is -2.29. The molecule has 144 valence electrons. The van der Waals surface area contributed by atoms with Crippen LogP contribution in [-0.2, 0) is 27.4 Å². The summed E-state index contributed by atoms with van der Waals surface area (Å²) in [5, 5.41) is -0.883. The molecule has 0 saturated carbocycles. The molecule has 3 rings (SSSR count). The summed E-state index contributed by atoms with van der Waals surface area (Å²) >= 11 is 3.30. The average Bonchev–Trinajstić information content (AvgIpc) is 2.77. The number of benzene rings is 3. The van der Waals surface area contributed by atoms with E-state index in [1.54, 1.807) is 12.1 Å². The molecule has 5 heteroatoms. The minimum atomic E-state index is -1.00. The van der Waals surface area contributed by atoms with Gasteiger partial charge in [-0.3, -0.25) is 4.79 Å². The maximum Gasteiger partial charge on any atom is 0.273 e. The Labute approximate surface area is 173 Å². The molecule has 0 aromatic heterocycles. The van der Waals surface area contributed by atoms with Gasteiger partial charge in [-0.15, -0.1) is 0 Å². The molecule has 0 aliphatic rings. The zero-order chi connectivity index (χ0) is 19.6. The minimum Gasteiger partial charge on any atom is -0.325 e. The van der Waals surface area contributed by atoms with Crippen LogP contribution in [0.3, 0.4) is 0 Å². The van der Waals surface area contributed by atoms with Crippen LogP contribution < -0.4 is 0 Å². The number of rotatable bonds is 10. The lowest BCUT2D eigenvalue weighted by molar-refractivity contribution is -0.297. The Morgan fingerprint density at radius 1 is 0.714 bits per heavy atom. The molecule has 3 aromatic rings. The maximum absolute atomic E-state index is 12.5. The van der Waals surface area contributed by atoms with Crippen LogP contribution in [0.5, 0.6) is 0 Å². The molecular weight excluding hydrogens is 420 g/mol. The van der Waals surface area contributed by atoms with Crippen molar-refractivity contribution in [2.75, 3.05) is 0 Å². The van der Waals surface area contributed by atoms with E-state index in [4.69, 9.17) is 14.2 Å². The lowest BCUT2D eigenvalue weighted by atomic mass is 10.1. The number of ketones is 1. The Morgan fingerprint density at radius 2 is 1.14 bits per heavy atom. The molecule has 3 aromatic carbocycles. The first-order chi connectivity index (χ1) is 13.7. The highest BCUT2D eigenvalue weighted by atomic mass is 79.9. The topological polar surface area (TPSA) is 44.8 Å². The number of alkyl halides is 1. The molecule has 0 aliphatic carbocycles. The predicted molar refractivity (Wildman–Crippen MR) is 111 cm³/mol. The van der Waals surface area contributed by atoms with Crippen molar-refractivity contribution in [2.24, 2.45) is 0 Å². The Morgan fingerprint density at radius 3 is 1.61 bits per heavy atom. The number of Topliss-reactive ketones (excluding diaryl/α,β-unsaturated/α-hetero) is 1. The molecule has 1 unspecified atom stereocenters. The summed E-state index contributed by atoms with van der Waals surface area (Å²) < 4.78 is 17.3. The number of hydrogen-bond donors (Lipinski definition) is 0. The summed E-state index contributed by atoms with van der Waals surface area (Å²) in [4.78, 5) is 12.5. The van der Waals surface area contributed by atoms with Crippen LogP contribution in [0.2, 0.25) is 0 Å². The third-order valence-electron chi connectivity index (χ3n) is 3.95. The van der Waals surface area contributed by atoms with Crippen molar-refractivity contribution in [3.63, 3.8) is 0 Å². The third kappa shape index (κ3) is 6.39. The molecule has 0 heterocycles. The fourth-order valence-corrected chi connectivity index (χ4v) is 2.94. The predicted octanol–water partition coefficient (Wildman–Crippen LogP) is 5.32. The average molecular weight is 441 g/mol. The molecule has 0 bridgehead atoms. The van der Waals surface area contributed by atoms with E-state index < -0.39 is 11.5 Å². The summed E-state index contributed by atoms with van der Waals surface area (Å²) in [5.41, 5.74) is 2.52. The molecule has 4 nitrogen and oxygen atoms in total. The highest BCUT2D eigenvalue weighted by Gasteiger charge is 2.23. The van der Waals surface area contributed by atoms with Gasteiger partial charge in [0.15, 0.2) is 5.01 Å². The second-order valence-electron chi connectivity index (χ2n) is 6.06. The van der Waals surface area contributed by atoms with Crippen LogP contribution in [0.1, 0.15) is 21.5 Å². The van der Waals surface area contributed by atoms with Crippen LogP contribution >= 0.6 is 15.9 Å². The Hall–Kier alpha value is -2.31. The van der Waals surface area contributed by atoms with E-state index in [-0.39, 0.29) is 5.78 Å². The summed E-state index contributed by atoms with van der Waals surface area (Å²) in [6.45, 7) is -0.392. The van der Waals surface area contributed by atoms with Gasteiger partial charge in [-0.05, 0) is 27.1 Å². The highest BCUT2D eigenvalue weighted by molar-refractivity contribution is 9.09. The summed E-state index contributed by atoms with van der Waals surface area (Å²) in [7, 11) is 0. The van der Waals surface area contributed by atoms with E-state index >= 15 is 0 Å². The summed E-state index contributed by atoms with van der Waals surface area (Å²) in [6.07, 6.45) is 0. The smallest absolute Gasteiger partial charge is 0.273 e. The molecule has 0 aliphatic heterocycles. The number of carbonyl (C=O) groups is 1. The molecule has 0 spiro atoms. The third-order valence-corrected chi connectivity index (χ3v) is 4.58. The van der Waals surface area contributed by atoms with Crippen molar-refractivity contribution in [3.05, 3.63) is 108 Å². The Bertz CT molecular complexity index is 797. The first kappa shape index (κ1) is 20.4. The quantitative estimate of drug-likeness (QED) is 0.243. The normalized spacial score (nSPS) is 12.1. The number of hydrogen-bond acceptors (Lipinski definition) is 4. The van der Waals surface area contributed by atoms with Crippen LogP contribution in [-0.4, -0.2) is 17.3 Å². The Balaban J connectivity index is 1.63. The molecule has 0 radical (unpaired) electrons. The molecule has 0 N–H and O–H groups in total.